The molecular weight excluding hydrogens is 472 g/mol. The van der Waals surface area contributed by atoms with Crippen LogP contribution in [0.2, 0.25) is 0 Å². The molecule has 2 amide bonds. The maximum atomic E-state index is 13.5. The number of esters is 1. The second-order valence-corrected chi connectivity index (χ2v) is 10.2. The fourth-order valence-electron chi connectivity index (χ4n) is 4.08. The van der Waals surface area contributed by atoms with Crippen molar-refractivity contribution in [2.75, 3.05) is 20.3 Å². The van der Waals surface area contributed by atoms with Gasteiger partial charge in [0, 0.05) is 13.5 Å². The Bertz CT molecular complexity index is 882. The molecule has 0 radical (unpaired) electrons. The van der Waals surface area contributed by atoms with Crippen molar-refractivity contribution >= 4 is 34.7 Å². The average Bonchev–Trinajstić information content (AvgIpc) is 3.28. The first-order valence-corrected chi connectivity index (χ1v) is 12.8. The minimum absolute atomic E-state index is 0.0969. The van der Waals surface area contributed by atoms with E-state index in [9.17, 15) is 24.3 Å². The van der Waals surface area contributed by atoms with Crippen LogP contribution in [0, 0.1) is 5.92 Å². The van der Waals surface area contributed by atoms with Crippen LogP contribution < -0.4 is 10.6 Å². The fourth-order valence-corrected chi connectivity index (χ4v) is 4.99. The van der Waals surface area contributed by atoms with Crippen molar-refractivity contribution in [2.45, 2.75) is 69.7 Å². The zero-order valence-corrected chi connectivity index (χ0v) is 21.6. The minimum Gasteiger partial charge on any atom is -0.508 e. The first-order valence-electron chi connectivity index (χ1n) is 11.9. The lowest BCUT2D eigenvalue weighted by molar-refractivity contribution is -0.148. The Kier molecular flexibility index (Phi) is 11.0. The molecule has 1 saturated carbocycles. The van der Waals surface area contributed by atoms with Crippen molar-refractivity contribution in [3.8, 4) is 5.75 Å². The van der Waals surface area contributed by atoms with E-state index < -0.39 is 34.6 Å². The maximum absolute atomic E-state index is 13.5. The second-order valence-electron chi connectivity index (χ2n) is 9.01. The molecule has 0 aromatic heterocycles. The zero-order chi connectivity index (χ0) is 26.0. The monoisotopic (exact) mass is 508 g/mol. The van der Waals surface area contributed by atoms with Crippen LogP contribution in [0.25, 0.3) is 0 Å². The highest BCUT2D eigenvalue weighted by molar-refractivity contribution is 8.14. The molecule has 9 nitrogen and oxygen atoms in total. The zero-order valence-electron chi connectivity index (χ0n) is 20.8. The summed E-state index contributed by atoms with van der Waals surface area (Å²) < 4.78 is 10.0. The van der Waals surface area contributed by atoms with Crippen molar-refractivity contribution in [1.82, 2.24) is 10.6 Å². The van der Waals surface area contributed by atoms with Gasteiger partial charge in [-0.05, 0) is 43.4 Å². The number of carbonyl (C=O) groups excluding carboxylic acids is 4. The van der Waals surface area contributed by atoms with Gasteiger partial charge in [0.25, 0.3) is 0 Å². The van der Waals surface area contributed by atoms with Crippen molar-refractivity contribution in [3.63, 3.8) is 0 Å². The van der Waals surface area contributed by atoms with Gasteiger partial charge in [-0.3, -0.25) is 14.4 Å². The van der Waals surface area contributed by atoms with Crippen molar-refractivity contribution in [1.29, 1.82) is 0 Å². The number of phenols is 1. The van der Waals surface area contributed by atoms with Crippen molar-refractivity contribution in [3.05, 3.63) is 29.8 Å². The average molecular weight is 509 g/mol. The van der Waals surface area contributed by atoms with Crippen LogP contribution in [0.5, 0.6) is 5.75 Å². The summed E-state index contributed by atoms with van der Waals surface area (Å²) in [6, 6.07) is 5.39. The highest BCUT2D eigenvalue weighted by atomic mass is 32.2. The van der Waals surface area contributed by atoms with Crippen LogP contribution in [-0.4, -0.2) is 65.2 Å². The standard InChI is InChI=1S/C25H36N2O7S/c1-5-34-23(31)19(14-17-8-10-18(28)11-9-17)26-24(32)25(12-6-7-13-25)27-22(30)21(16(2)3)35-20(29)15-33-4/h8-11,16,19,21,28H,5-7,12-15H2,1-4H3,(H,26,32)(H,27,30)/t19-,21-/m0/s1. The normalized spacial score (nSPS) is 16.4. The Morgan fingerprint density at radius 3 is 2.29 bits per heavy atom. The molecule has 10 heteroatoms. The highest BCUT2D eigenvalue weighted by Gasteiger charge is 2.45. The summed E-state index contributed by atoms with van der Waals surface area (Å²) in [7, 11) is 1.42. The van der Waals surface area contributed by atoms with Gasteiger partial charge >= 0.3 is 5.97 Å². The van der Waals surface area contributed by atoms with E-state index in [1.165, 1.54) is 19.2 Å². The molecule has 2 rings (SSSR count). The number of ether oxygens (including phenoxy) is 2. The number of phenolic OH excluding ortho intramolecular Hbond substituents is 1. The third kappa shape index (κ3) is 8.24. The lowest BCUT2D eigenvalue weighted by Crippen LogP contribution is -2.61. The van der Waals surface area contributed by atoms with E-state index in [2.05, 4.69) is 10.6 Å². The third-order valence-electron chi connectivity index (χ3n) is 5.89. The number of hydrogen-bond donors (Lipinski definition) is 3. The Hall–Kier alpha value is -2.59. The molecule has 3 N–H and O–H groups in total. The summed E-state index contributed by atoms with van der Waals surface area (Å²) in [6.07, 6.45) is 2.53. The molecule has 1 aromatic rings. The van der Waals surface area contributed by atoms with Gasteiger partial charge in [0.2, 0.25) is 16.9 Å². The molecule has 1 aliphatic carbocycles. The molecule has 35 heavy (non-hydrogen) atoms. The number of benzene rings is 1. The quantitative estimate of drug-likeness (QED) is 0.367. The van der Waals surface area contributed by atoms with Crippen LogP contribution >= 0.6 is 11.8 Å². The fraction of sp³-hybridized carbons (Fsp3) is 0.600. The molecule has 1 fully saturated rings. The predicted molar refractivity (Wildman–Crippen MR) is 133 cm³/mol. The van der Waals surface area contributed by atoms with Crippen LogP contribution in [-0.2, 0) is 35.1 Å². The predicted octanol–water partition coefficient (Wildman–Crippen LogP) is 2.34. The SMILES string of the molecule is CCOC(=O)[C@H](Cc1ccc(O)cc1)NC(=O)C1(NC(=O)[C@@H](SC(=O)COC)C(C)C)CCCC1. The van der Waals surface area contributed by atoms with Gasteiger partial charge in [0.05, 0.1) is 11.9 Å². The Morgan fingerprint density at radius 1 is 1.11 bits per heavy atom. The Labute approximate surface area is 210 Å². The van der Waals surface area contributed by atoms with Gasteiger partial charge in [-0.2, -0.15) is 0 Å². The number of thioether (sulfide) groups is 1. The van der Waals surface area contributed by atoms with E-state index >= 15 is 0 Å². The van der Waals surface area contributed by atoms with Gasteiger partial charge in [-0.15, -0.1) is 0 Å². The smallest absolute Gasteiger partial charge is 0.328 e. The molecule has 1 aromatic carbocycles. The number of methoxy groups -OCH3 is 1. The van der Waals surface area contributed by atoms with Crippen molar-refractivity contribution < 1.29 is 33.8 Å². The van der Waals surface area contributed by atoms with Crippen molar-refractivity contribution in [2.24, 2.45) is 5.92 Å². The molecule has 194 valence electrons. The van der Waals surface area contributed by atoms with E-state index in [1.54, 1.807) is 19.1 Å². The summed E-state index contributed by atoms with van der Waals surface area (Å²) in [6.45, 7) is 5.42. The minimum atomic E-state index is -1.17. The molecule has 2 atom stereocenters. The first-order chi connectivity index (χ1) is 16.6. The molecule has 1 aliphatic rings. The Morgan fingerprint density at radius 2 is 1.74 bits per heavy atom. The van der Waals surface area contributed by atoms with Gasteiger partial charge in [0.1, 0.15) is 23.9 Å². The topological polar surface area (TPSA) is 131 Å². The molecule has 0 bridgehead atoms. The van der Waals surface area contributed by atoms with Crippen LogP contribution in [0.15, 0.2) is 24.3 Å². The summed E-state index contributed by atoms with van der Waals surface area (Å²) in [5.74, 6) is -1.47. The van der Waals surface area contributed by atoms with E-state index in [0.717, 1.165) is 30.2 Å². The first kappa shape index (κ1) is 28.6. The van der Waals surface area contributed by atoms with Gasteiger partial charge in [-0.1, -0.05) is 50.6 Å². The molecule has 0 saturated heterocycles. The Balaban J connectivity index is 2.20. The summed E-state index contributed by atoms with van der Waals surface area (Å²) >= 11 is 0.905. The van der Waals surface area contributed by atoms with E-state index in [0.29, 0.717) is 12.8 Å². The summed E-state index contributed by atoms with van der Waals surface area (Å²) in [5.41, 5.74) is -0.437. The molecule has 0 spiro atoms. The molecular formula is C25H36N2O7S. The van der Waals surface area contributed by atoms with Crippen LogP contribution in [0.4, 0.5) is 0 Å². The van der Waals surface area contributed by atoms with E-state index in [1.807, 2.05) is 13.8 Å². The van der Waals surface area contributed by atoms with Crippen LogP contribution in [0.3, 0.4) is 0 Å². The molecule has 0 heterocycles. The lowest BCUT2D eigenvalue weighted by Gasteiger charge is -2.33. The van der Waals surface area contributed by atoms with Gasteiger partial charge < -0.3 is 25.2 Å². The number of rotatable bonds is 12. The largest absolute Gasteiger partial charge is 0.508 e. The van der Waals surface area contributed by atoms with Crippen LogP contribution in [0.1, 0.15) is 52.0 Å². The number of carbonyl (C=O) groups is 4. The third-order valence-corrected chi connectivity index (χ3v) is 7.28. The maximum Gasteiger partial charge on any atom is 0.328 e. The molecule has 0 aliphatic heterocycles. The second kappa shape index (κ2) is 13.5. The summed E-state index contributed by atoms with van der Waals surface area (Å²) in [4.78, 5) is 51.5. The summed E-state index contributed by atoms with van der Waals surface area (Å²) in [5, 5.41) is 14.3. The number of aromatic hydroxyl groups is 1. The number of hydrogen-bond acceptors (Lipinski definition) is 8. The van der Waals surface area contributed by atoms with Gasteiger partial charge in [-0.25, -0.2) is 4.79 Å². The lowest BCUT2D eigenvalue weighted by atomic mass is 9.94. The molecule has 0 unspecified atom stereocenters. The van der Waals surface area contributed by atoms with E-state index in [-0.39, 0.29) is 36.4 Å². The van der Waals surface area contributed by atoms with Gasteiger partial charge in [0.15, 0.2) is 0 Å². The number of nitrogens with one attached hydrogen (secondary N) is 2. The highest BCUT2D eigenvalue weighted by Crippen LogP contribution is 2.32. The van der Waals surface area contributed by atoms with E-state index in [4.69, 9.17) is 9.47 Å². The number of amides is 2.